The number of carbonyl (C=O) groups excluding carboxylic acids is 2. The Hall–Kier alpha value is 0.374. The second-order valence-electron chi connectivity index (χ2n) is 10.3. The van der Waals surface area contributed by atoms with E-state index < -0.39 is 23.9 Å². The molecule has 0 radical (unpaired) electrons. The molecule has 242 valence electrons. The summed E-state index contributed by atoms with van der Waals surface area (Å²) in [6, 6.07) is 0. The molecule has 0 aromatic heterocycles. The van der Waals surface area contributed by atoms with Gasteiger partial charge in [0, 0.05) is 39.2 Å². The van der Waals surface area contributed by atoms with Crippen molar-refractivity contribution < 1.29 is 66.9 Å². The molecule has 0 bridgehead atoms. The molecular formula is C32H62BaCdO8. The van der Waals surface area contributed by atoms with Gasteiger partial charge in [-0.1, -0.05) is 107 Å². The van der Waals surface area contributed by atoms with Gasteiger partial charge in [-0.05, 0) is 63.2 Å². The molecule has 10 heteroatoms. The van der Waals surface area contributed by atoms with Crippen LogP contribution in [0.5, 0.6) is 0 Å². The number of hydrogen-bond donors (Lipinski definition) is 2. The number of carboxylic acids is 4. The second-order valence-corrected chi connectivity index (χ2v) is 10.3. The van der Waals surface area contributed by atoms with Crippen LogP contribution in [0.2, 0.25) is 0 Å². The fourth-order valence-electron chi connectivity index (χ4n) is 3.78. The minimum atomic E-state index is -0.893. The Labute approximate surface area is 318 Å². The molecule has 0 fully saturated rings. The van der Waals surface area contributed by atoms with Gasteiger partial charge < -0.3 is 30.0 Å². The Balaban J connectivity index is -0.000000101. The molecule has 0 aromatic carbocycles. The van der Waals surface area contributed by atoms with Crippen molar-refractivity contribution in [2.24, 2.45) is 23.7 Å². The summed E-state index contributed by atoms with van der Waals surface area (Å²) in [6.07, 6.45) is 14.5. The first-order valence-corrected chi connectivity index (χ1v) is 15.7. The van der Waals surface area contributed by atoms with E-state index in [0.717, 1.165) is 89.9 Å². The van der Waals surface area contributed by atoms with E-state index in [0.29, 0.717) is 12.8 Å². The number of rotatable bonds is 20. The second kappa shape index (κ2) is 41.4. The summed E-state index contributed by atoms with van der Waals surface area (Å²) in [7, 11) is 0. The number of carboxylic acid groups (broad SMARTS) is 4. The normalized spacial score (nSPS) is 12.4. The van der Waals surface area contributed by atoms with Crippen LogP contribution in [0.15, 0.2) is 0 Å². The van der Waals surface area contributed by atoms with Crippen molar-refractivity contribution in [1.29, 1.82) is 0 Å². The van der Waals surface area contributed by atoms with Gasteiger partial charge in [-0.15, -0.1) is 0 Å². The summed E-state index contributed by atoms with van der Waals surface area (Å²) >= 11 is 0. The molecule has 2 N–H and O–H groups in total. The van der Waals surface area contributed by atoms with Crippen LogP contribution in [0, 0.1) is 23.7 Å². The Bertz CT molecular complexity index is 515. The molecule has 42 heavy (non-hydrogen) atoms. The van der Waals surface area contributed by atoms with Crippen molar-refractivity contribution in [3.8, 4) is 0 Å². The van der Waals surface area contributed by atoms with Crippen molar-refractivity contribution in [3.05, 3.63) is 0 Å². The van der Waals surface area contributed by atoms with Crippen LogP contribution in [0.4, 0.5) is 0 Å². The van der Waals surface area contributed by atoms with Crippen molar-refractivity contribution in [1.82, 2.24) is 0 Å². The molecule has 0 aliphatic rings. The van der Waals surface area contributed by atoms with Gasteiger partial charge >= 0.3 is 60.8 Å². The molecule has 8 nitrogen and oxygen atoms in total. The number of carbonyl (C=O) groups is 4. The van der Waals surface area contributed by atoms with Crippen LogP contribution in [-0.2, 0) is 46.5 Å². The van der Waals surface area contributed by atoms with E-state index in [2.05, 4.69) is 27.7 Å². The first kappa shape index (κ1) is 54.8. The standard InChI is InChI=1S/4C8H16O2.Ba.Cd/c4*1-3-5-6-7(4-2)8(9)10;;/h4*7H,3-6H2,1-2H3,(H,9,10);;/q;;;;+2;/p-2. The van der Waals surface area contributed by atoms with Crippen LogP contribution in [0.3, 0.4) is 0 Å². The third kappa shape index (κ3) is 38.4. The van der Waals surface area contributed by atoms with E-state index in [4.69, 9.17) is 10.2 Å². The molecule has 0 aliphatic heterocycles. The average Bonchev–Trinajstić information content (AvgIpc) is 2.91. The molecule has 0 amide bonds. The minimum absolute atomic E-state index is 0. The predicted molar refractivity (Wildman–Crippen MR) is 164 cm³/mol. The van der Waals surface area contributed by atoms with E-state index in [-0.39, 0.29) is 99.9 Å². The molecule has 0 heterocycles. The summed E-state index contributed by atoms with van der Waals surface area (Å²) in [5.74, 6) is -3.74. The van der Waals surface area contributed by atoms with Crippen molar-refractivity contribution in [2.45, 2.75) is 158 Å². The fourth-order valence-corrected chi connectivity index (χ4v) is 3.78. The van der Waals surface area contributed by atoms with E-state index in [9.17, 15) is 29.4 Å². The maximum Gasteiger partial charge on any atom is 2.00 e. The molecule has 0 aromatic rings. The maximum absolute atomic E-state index is 10.4. The molecule has 0 rings (SSSR count). The molecule has 0 aliphatic carbocycles. The Morgan fingerprint density at radius 3 is 0.786 bits per heavy atom. The van der Waals surface area contributed by atoms with Gasteiger partial charge in [-0.25, -0.2) is 0 Å². The molecule has 4 unspecified atom stereocenters. The Morgan fingerprint density at radius 2 is 0.667 bits per heavy atom. The zero-order valence-corrected chi connectivity index (χ0v) is 36.9. The third-order valence-electron chi connectivity index (χ3n) is 6.96. The minimum Gasteiger partial charge on any atom is -0.550 e. The smallest absolute Gasteiger partial charge is 0.550 e. The van der Waals surface area contributed by atoms with E-state index in [1.165, 1.54) is 0 Å². The number of hydrogen-bond acceptors (Lipinski definition) is 6. The van der Waals surface area contributed by atoms with Crippen LogP contribution < -0.4 is 10.2 Å². The summed E-state index contributed by atoms with van der Waals surface area (Å²) in [4.78, 5) is 41.5. The molecule has 0 saturated heterocycles. The van der Waals surface area contributed by atoms with Gasteiger partial charge in [0.2, 0.25) is 0 Å². The SMILES string of the molecule is CCCCC(CC)C(=O)O.CCCCC(CC)C(=O)O.CCCCC(CC)C(=O)[O-].CCCCC(CC)C(=O)[O-].[Ba+2].[Cd]. The Morgan fingerprint density at radius 1 is 0.476 bits per heavy atom. The van der Waals surface area contributed by atoms with Gasteiger partial charge in [0.25, 0.3) is 0 Å². The van der Waals surface area contributed by atoms with Crippen LogP contribution in [0.25, 0.3) is 0 Å². The monoisotopic (exact) mass is 826 g/mol. The molecule has 0 spiro atoms. The van der Waals surface area contributed by atoms with E-state index >= 15 is 0 Å². The quantitative estimate of drug-likeness (QED) is 0.140. The Kier molecular flexibility index (Phi) is 54.0. The molecule has 0 saturated carbocycles. The van der Waals surface area contributed by atoms with E-state index in [1.54, 1.807) is 0 Å². The average molecular weight is 825 g/mol. The zero-order valence-electron chi connectivity index (χ0n) is 28.4. The van der Waals surface area contributed by atoms with Gasteiger partial charge in [-0.2, -0.15) is 0 Å². The van der Waals surface area contributed by atoms with Crippen molar-refractivity contribution >= 4 is 72.8 Å². The molecular weight excluding hydrogens is 762 g/mol. The third-order valence-corrected chi connectivity index (χ3v) is 6.96. The summed E-state index contributed by atoms with van der Waals surface area (Å²) in [5.41, 5.74) is 0. The van der Waals surface area contributed by atoms with Gasteiger partial charge in [0.15, 0.2) is 0 Å². The number of unbranched alkanes of at least 4 members (excludes halogenated alkanes) is 4. The first-order chi connectivity index (χ1) is 18.9. The van der Waals surface area contributed by atoms with Gasteiger partial charge in [-0.3, -0.25) is 9.59 Å². The first-order valence-electron chi connectivity index (χ1n) is 15.7. The summed E-state index contributed by atoms with van der Waals surface area (Å²) < 4.78 is 0. The molecule has 4 atom stereocenters. The van der Waals surface area contributed by atoms with Gasteiger partial charge in [0.1, 0.15) is 0 Å². The fraction of sp³-hybridized carbons (Fsp3) is 0.875. The van der Waals surface area contributed by atoms with E-state index in [1.807, 2.05) is 27.7 Å². The van der Waals surface area contributed by atoms with Gasteiger partial charge in [0.05, 0.1) is 11.8 Å². The van der Waals surface area contributed by atoms with Crippen molar-refractivity contribution in [2.75, 3.05) is 0 Å². The van der Waals surface area contributed by atoms with Crippen molar-refractivity contribution in [3.63, 3.8) is 0 Å². The largest absolute Gasteiger partial charge is 2.00 e. The summed E-state index contributed by atoms with van der Waals surface area (Å²) in [5, 5.41) is 37.9. The van der Waals surface area contributed by atoms with Crippen LogP contribution >= 0.6 is 0 Å². The summed E-state index contributed by atoms with van der Waals surface area (Å²) in [6.45, 7) is 15.9. The van der Waals surface area contributed by atoms with Crippen LogP contribution in [0.1, 0.15) is 158 Å². The predicted octanol–water partition coefficient (Wildman–Crippen LogP) is 6.10. The maximum atomic E-state index is 10.4. The number of aliphatic carboxylic acids is 4. The van der Waals surface area contributed by atoms with Crippen LogP contribution in [-0.4, -0.2) is 83.0 Å². The topological polar surface area (TPSA) is 155 Å². The zero-order chi connectivity index (χ0) is 31.9.